The van der Waals surface area contributed by atoms with Crippen LogP contribution in [-0.4, -0.2) is 0 Å². The van der Waals surface area contributed by atoms with Crippen LogP contribution in [0.25, 0.3) is 0 Å². The lowest BCUT2D eigenvalue weighted by Crippen LogP contribution is -2.16. The number of alkyl halides is 1. The molecule has 2 bridgehead atoms. The second kappa shape index (κ2) is 4.64. The van der Waals surface area contributed by atoms with Crippen molar-refractivity contribution in [2.45, 2.75) is 31.1 Å². The molecule has 0 nitrogen and oxygen atoms in total. The molecule has 0 amide bonds. The topological polar surface area (TPSA) is 0 Å². The molecular weight excluding hydrogens is 275 g/mol. The maximum atomic E-state index is 6.64. The van der Waals surface area contributed by atoms with Gasteiger partial charge in [-0.1, -0.05) is 29.6 Å². The SMILES string of the molecule is Clc1ccc(Cl)c(C(Cl)C2CC3CCC2C3)c1. The van der Waals surface area contributed by atoms with Crippen LogP contribution in [0.2, 0.25) is 10.0 Å². The van der Waals surface area contributed by atoms with Gasteiger partial charge in [0.25, 0.3) is 0 Å². The summed E-state index contributed by atoms with van der Waals surface area (Å²) in [4.78, 5) is 0. The van der Waals surface area contributed by atoms with E-state index in [0.29, 0.717) is 5.92 Å². The second-order valence-corrected chi connectivity index (χ2v) is 6.72. The molecule has 1 aromatic rings. The Balaban J connectivity index is 1.86. The van der Waals surface area contributed by atoms with E-state index >= 15 is 0 Å². The molecule has 2 aliphatic rings. The average molecular weight is 290 g/mol. The van der Waals surface area contributed by atoms with Crippen molar-refractivity contribution in [2.24, 2.45) is 17.8 Å². The fraction of sp³-hybridized carbons (Fsp3) is 0.571. The number of rotatable bonds is 2. The summed E-state index contributed by atoms with van der Waals surface area (Å²) in [5.74, 6) is 2.30. The van der Waals surface area contributed by atoms with Gasteiger partial charge in [0.1, 0.15) is 0 Å². The molecule has 0 aliphatic heterocycles. The number of fused-ring (bicyclic) bond motifs is 2. The highest BCUT2D eigenvalue weighted by atomic mass is 35.5. The lowest BCUT2D eigenvalue weighted by Gasteiger charge is -2.27. The van der Waals surface area contributed by atoms with Gasteiger partial charge in [0.2, 0.25) is 0 Å². The van der Waals surface area contributed by atoms with Crippen molar-refractivity contribution in [3.63, 3.8) is 0 Å². The van der Waals surface area contributed by atoms with Crippen molar-refractivity contribution < 1.29 is 0 Å². The van der Waals surface area contributed by atoms with Crippen LogP contribution < -0.4 is 0 Å². The smallest absolute Gasteiger partial charge is 0.0631 e. The molecule has 3 rings (SSSR count). The van der Waals surface area contributed by atoms with Gasteiger partial charge in [-0.15, -0.1) is 11.6 Å². The van der Waals surface area contributed by atoms with Gasteiger partial charge in [-0.25, -0.2) is 0 Å². The zero-order valence-corrected chi connectivity index (χ0v) is 11.8. The first-order chi connectivity index (χ1) is 8.15. The molecule has 0 N–H and O–H groups in total. The standard InChI is InChI=1S/C14H15Cl3/c15-10-3-4-13(16)12(7-10)14(17)11-6-8-1-2-9(11)5-8/h3-4,7-9,11,14H,1-2,5-6H2. The monoisotopic (exact) mass is 288 g/mol. The Labute approximate surface area is 117 Å². The van der Waals surface area contributed by atoms with Crippen molar-refractivity contribution in [3.8, 4) is 0 Å². The summed E-state index contributed by atoms with van der Waals surface area (Å²) < 4.78 is 0. The Morgan fingerprint density at radius 1 is 1.12 bits per heavy atom. The summed E-state index contributed by atoms with van der Waals surface area (Å²) in [6.07, 6.45) is 5.37. The van der Waals surface area contributed by atoms with Crippen molar-refractivity contribution in [2.75, 3.05) is 0 Å². The van der Waals surface area contributed by atoms with E-state index in [9.17, 15) is 0 Å². The second-order valence-electron chi connectivity index (χ2n) is 5.41. The van der Waals surface area contributed by atoms with E-state index in [2.05, 4.69) is 0 Å². The van der Waals surface area contributed by atoms with E-state index in [0.717, 1.165) is 27.4 Å². The predicted octanol–water partition coefficient (Wildman–Crippen LogP) is 5.71. The molecule has 4 atom stereocenters. The molecule has 2 fully saturated rings. The third-order valence-corrected chi connectivity index (χ3v) is 5.56. The normalized spacial score (nSPS) is 33.0. The molecule has 92 valence electrons. The molecule has 0 aromatic heterocycles. The molecule has 0 spiro atoms. The summed E-state index contributed by atoms with van der Waals surface area (Å²) in [5, 5.41) is 1.49. The summed E-state index contributed by atoms with van der Waals surface area (Å²) in [6, 6.07) is 5.59. The van der Waals surface area contributed by atoms with Gasteiger partial charge in [0.05, 0.1) is 5.38 Å². The van der Waals surface area contributed by atoms with Gasteiger partial charge in [-0.3, -0.25) is 0 Å². The van der Waals surface area contributed by atoms with Crippen molar-refractivity contribution in [1.29, 1.82) is 0 Å². The summed E-state index contributed by atoms with van der Waals surface area (Å²) >= 11 is 18.9. The van der Waals surface area contributed by atoms with Crippen LogP contribution in [0.1, 0.15) is 36.6 Å². The first-order valence-corrected chi connectivity index (χ1v) is 7.43. The van der Waals surface area contributed by atoms with Crippen molar-refractivity contribution in [3.05, 3.63) is 33.8 Å². The lowest BCUT2D eigenvalue weighted by atomic mass is 9.84. The minimum Gasteiger partial charge on any atom is -0.117 e. The molecule has 2 aliphatic carbocycles. The lowest BCUT2D eigenvalue weighted by molar-refractivity contribution is 0.323. The van der Waals surface area contributed by atoms with Crippen LogP contribution in [0.3, 0.4) is 0 Å². The minimum atomic E-state index is 0.0245. The van der Waals surface area contributed by atoms with Gasteiger partial charge in [0, 0.05) is 10.0 Å². The summed E-state index contributed by atoms with van der Waals surface area (Å²) in [5.41, 5.74) is 1.01. The Kier molecular flexibility index (Phi) is 3.32. The molecule has 0 saturated heterocycles. The summed E-state index contributed by atoms with van der Waals surface area (Å²) in [6.45, 7) is 0. The molecule has 0 radical (unpaired) electrons. The zero-order valence-electron chi connectivity index (χ0n) is 9.50. The highest BCUT2D eigenvalue weighted by molar-refractivity contribution is 6.34. The molecule has 4 unspecified atom stereocenters. The van der Waals surface area contributed by atoms with Crippen LogP contribution in [0, 0.1) is 17.8 Å². The van der Waals surface area contributed by atoms with Crippen LogP contribution in [0.15, 0.2) is 18.2 Å². The van der Waals surface area contributed by atoms with E-state index in [1.807, 2.05) is 18.2 Å². The molecule has 1 aromatic carbocycles. The van der Waals surface area contributed by atoms with E-state index in [4.69, 9.17) is 34.8 Å². The van der Waals surface area contributed by atoms with Gasteiger partial charge >= 0.3 is 0 Å². The molecular formula is C14H15Cl3. The van der Waals surface area contributed by atoms with Gasteiger partial charge in [0.15, 0.2) is 0 Å². The number of halogens is 3. The molecule has 0 heterocycles. The van der Waals surface area contributed by atoms with E-state index in [1.54, 1.807) is 0 Å². The Morgan fingerprint density at radius 3 is 2.59 bits per heavy atom. The van der Waals surface area contributed by atoms with Crippen LogP contribution in [-0.2, 0) is 0 Å². The van der Waals surface area contributed by atoms with Crippen molar-refractivity contribution >= 4 is 34.8 Å². The van der Waals surface area contributed by atoms with Crippen LogP contribution in [0.4, 0.5) is 0 Å². The number of benzene rings is 1. The fourth-order valence-corrected chi connectivity index (χ4v) is 4.57. The molecule has 2 saturated carbocycles. The van der Waals surface area contributed by atoms with Gasteiger partial charge in [-0.05, 0) is 60.8 Å². The quantitative estimate of drug-likeness (QED) is 0.612. The Bertz CT molecular complexity index is 429. The highest BCUT2D eigenvalue weighted by Gasteiger charge is 2.43. The largest absolute Gasteiger partial charge is 0.117 e. The number of hydrogen-bond donors (Lipinski definition) is 0. The van der Waals surface area contributed by atoms with Crippen molar-refractivity contribution in [1.82, 2.24) is 0 Å². The zero-order chi connectivity index (χ0) is 12.0. The van der Waals surface area contributed by atoms with E-state index in [-0.39, 0.29) is 5.38 Å². The van der Waals surface area contributed by atoms with E-state index < -0.39 is 0 Å². The molecule has 3 heteroatoms. The van der Waals surface area contributed by atoms with E-state index in [1.165, 1.54) is 25.7 Å². The first kappa shape index (κ1) is 12.1. The Hall–Kier alpha value is 0.0900. The third kappa shape index (κ3) is 2.20. The molecule has 17 heavy (non-hydrogen) atoms. The highest BCUT2D eigenvalue weighted by Crippen LogP contribution is 2.55. The fourth-order valence-electron chi connectivity index (χ4n) is 3.61. The third-order valence-electron chi connectivity index (χ3n) is 4.42. The Morgan fingerprint density at radius 2 is 1.94 bits per heavy atom. The maximum Gasteiger partial charge on any atom is 0.0631 e. The van der Waals surface area contributed by atoms with Gasteiger partial charge < -0.3 is 0 Å². The average Bonchev–Trinajstić information content (AvgIpc) is 2.93. The first-order valence-electron chi connectivity index (χ1n) is 6.24. The number of hydrogen-bond acceptors (Lipinski definition) is 0. The summed E-state index contributed by atoms with van der Waals surface area (Å²) in [7, 11) is 0. The van der Waals surface area contributed by atoms with Gasteiger partial charge in [-0.2, -0.15) is 0 Å². The van der Waals surface area contributed by atoms with Crippen LogP contribution in [0.5, 0.6) is 0 Å². The predicted molar refractivity (Wildman–Crippen MR) is 74.0 cm³/mol. The maximum absolute atomic E-state index is 6.64. The minimum absolute atomic E-state index is 0.0245. The van der Waals surface area contributed by atoms with Crippen LogP contribution >= 0.6 is 34.8 Å².